The molecule has 172 valence electrons. The van der Waals surface area contributed by atoms with Crippen molar-refractivity contribution in [3.05, 3.63) is 35.6 Å². The van der Waals surface area contributed by atoms with Crippen LogP contribution in [0.25, 0.3) is 0 Å². The number of rotatable bonds is 7. The van der Waals surface area contributed by atoms with Crippen molar-refractivity contribution < 1.29 is 8.96 Å². The lowest BCUT2D eigenvalue weighted by Crippen LogP contribution is -2.43. The lowest BCUT2D eigenvalue weighted by atomic mass is 9.89. The van der Waals surface area contributed by atoms with Crippen LogP contribution < -0.4 is 5.09 Å². The van der Waals surface area contributed by atoms with Gasteiger partial charge in [0.05, 0.1) is 0 Å². The van der Waals surface area contributed by atoms with Gasteiger partial charge in [-0.2, -0.15) is 0 Å². The van der Waals surface area contributed by atoms with E-state index in [0.717, 1.165) is 37.7 Å². The molecule has 0 spiro atoms. The van der Waals surface area contributed by atoms with Crippen molar-refractivity contribution in [2.45, 2.75) is 110 Å². The van der Waals surface area contributed by atoms with Crippen LogP contribution in [0.1, 0.15) is 91.2 Å². The lowest BCUT2D eigenvalue weighted by molar-refractivity contribution is 0.173. The van der Waals surface area contributed by atoms with Crippen LogP contribution in [-0.4, -0.2) is 33.5 Å². The molecule has 0 aromatic heterocycles. The fourth-order valence-corrected chi connectivity index (χ4v) is 8.86. The number of hydrogen-bond acceptors (Lipinski definition) is 1. The molecule has 1 saturated heterocycles. The maximum Gasteiger partial charge on any atom is 0.286 e. The molecule has 0 unspecified atom stereocenters. The summed E-state index contributed by atoms with van der Waals surface area (Å²) in [5.41, 5.74) is 0.864. The van der Waals surface area contributed by atoms with Gasteiger partial charge in [0.1, 0.15) is 11.9 Å². The van der Waals surface area contributed by atoms with Crippen molar-refractivity contribution >= 4 is 7.59 Å². The van der Waals surface area contributed by atoms with Gasteiger partial charge in [-0.05, 0) is 64.7 Å². The molecule has 0 bridgehead atoms. The Labute approximate surface area is 188 Å². The molecule has 1 heterocycles. The lowest BCUT2D eigenvalue weighted by Gasteiger charge is -2.37. The van der Waals surface area contributed by atoms with Gasteiger partial charge in [0.25, 0.3) is 7.59 Å². The molecule has 3 rings (SSSR count). The van der Waals surface area contributed by atoms with Gasteiger partial charge in [0.15, 0.2) is 0 Å². The molecular weight excluding hydrogens is 408 g/mol. The van der Waals surface area contributed by atoms with Gasteiger partial charge in [0, 0.05) is 30.6 Å². The zero-order chi connectivity index (χ0) is 22.6. The molecule has 1 N–H and O–H groups in total. The second-order valence-electron chi connectivity index (χ2n) is 9.45. The highest BCUT2D eigenvalue weighted by atomic mass is 31.2. The Morgan fingerprint density at radius 2 is 1.61 bits per heavy atom. The van der Waals surface area contributed by atoms with E-state index in [4.69, 9.17) is 0 Å². The van der Waals surface area contributed by atoms with Crippen molar-refractivity contribution in [1.29, 1.82) is 0 Å². The van der Waals surface area contributed by atoms with Gasteiger partial charge < -0.3 is 0 Å². The van der Waals surface area contributed by atoms with Crippen molar-refractivity contribution in [3.8, 4) is 11.8 Å². The quantitative estimate of drug-likeness (QED) is 0.294. The van der Waals surface area contributed by atoms with Crippen LogP contribution in [0.15, 0.2) is 24.3 Å². The first-order chi connectivity index (χ1) is 14.8. The largest absolute Gasteiger partial charge is 0.286 e. The molecule has 1 saturated carbocycles. The van der Waals surface area contributed by atoms with Crippen LogP contribution in [0.2, 0.25) is 0 Å². The fraction of sp³-hybridized carbons (Fsp3) is 0.680. The van der Waals surface area contributed by atoms with E-state index in [9.17, 15) is 8.96 Å². The maximum atomic E-state index is 14.9. The van der Waals surface area contributed by atoms with Crippen molar-refractivity contribution in [1.82, 2.24) is 14.4 Å². The number of fused-ring (bicyclic) bond motifs is 1. The molecule has 2 fully saturated rings. The van der Waals surface area contributed by atoms with Crippen LogP contribution in [-0.2, 0) is 4.57 Å². The molecule has 1 aromatic rings. The van der Waals surface area contributed by atoms with E-state index in [1.165, 1.54) is 25.0 Å². The topological polar surface area (TPSA) is 35.6 Å². The summed E-state index contributed by atoms with van der Waals surface area (Å²) in [7, 11) is -3.08. The fourth-order valence-electron chi connectivity index (χ4n) is 5.21. The Morgan fingerprint density at radius 3 is 2.10 bits per heavy atom. The minimum atomic E-state index is -3.08. The molecular formula is C25H39FN3OP. The minimum Gasteiger partial charge on any atom is -0.270 e. The van der Waals surface area contributed by atoms with E-state index in [-0.39, 0.29) is 17.9 Å². The van der Waals surface area contributed by atoms with E-state index in [1.807, 2.05) is 0 Å². The Hall–Kier alpha value is -1.18. The first-order valence-corrected chi connectivity index (χ1v) is 13.6. The van der Waals surface area contributed by atoms with Gasteiger partial charge in [-0.1, -0.05) is 44.2 Å². The van der Waals surface area contributed by atoms with E-state index in [1.54, 1.807) is 12.1 Å². The van der Waals surface area contributed by atoms with Crippen molar-refractivity contribution in [2.24, 2.45) is 0 Å². The second-order valence-corrected chi connectivity index (χ2v) is 11.7. The number of unbranched alkanes of at least 4 members (excludes halogenated alkanes) is 2. The first-order valence-electron chi connectivity index (χ1n) is 12.0. The molecule has 0 radical (unpaired) electrons. The molecule has 1 aliphatic heterocycles. The Bertz CT molecular complexity index is 801. The predicted octanol–water partition coefficient (Wildman–Crippen LogP) is 6.50. The number of benzene rings is 1. The molecule has 2 aliphatic rings. The zero-order valence-corrected chi connectivity index (χ0v) is 20.7. The van der Waals surface area contributed by atoms with E-state index in [2.05, 4.69) is 60.9 Å². The standard InChI is InChI=1S/C25H39FN3OP/c1-6-7-8-9-12-23(21-15-17-22(26)18-16-21)27-31(30)28(19(2)3)24-13-10-11-14-25(24)29(31)20(4)5/h15-20,23-25H,6-8,10-11,13-14H2,1-5H3,(H,27,30)/t23-,24-,25-/m1/s1. The Balaban J connectivity index is 2.01. The normalized spacial score (nSPS) is 24.8. The highest BCUT2D eigenvalue weighted by Gasteiger charge is 2.57. The van der Waals surface area contributed by atoms with Gasteiger partial charge in [-0.25, -0.2) is 18.8 Å². The Morgan fingerprint density at radius 1 is 1.06 bits per heavy atom. The third kappa shape index (κ3) is 5.25. The summed E-state index contributed by atoms with van der Waals surface area (Å²) < 4.78 is 33.0. The monoisotopic (exact) mass is 447 g/mol. The van der Waals surface area contributed by atoms with Crippen molar-refractivity contribution in [2.75, 3.05) is 0 Å². The smallest absolute Gasteiger partial charge is 0.270 e. The third-order valence-corrected chi connectivity index (χ3v) is 9.82. The van der Waals surface area contributed by atoms with E-state index < -0.39 is 13.6 Å². The highest BCUT2D eigenvalue weighted by Crippen LogP contribution is 2.63. The molecule has 4 nitrogen and oxygen atoms in total. The van der Waals surface area contributed by atoms with E-state index >= 15 is 0 Å². The third-order valence-electron chi connectivity index (χ3n) is 6.46. The summed E-state index contributed by atoms with van der Waals surface area (Å²) in [4.78, 5) is 0. The minimum absolute atomic E-state index is 0.162. The van der Waals surface area contributed by atoms with Crippen LogP contribution >= 0.6 is 7.59 Å². The molecule has 3 atom stereocenters. The average molecular weight is 448 g/mol. The molecule has 0 amide bonds. The van der Waals surface area contributed by atoms with Crippen LogP contribution in [0, 0.1) is 17.7 Å². The second kappa shape index (κ2) is 10.6. The summed E-state index contributed by atoms with van der Waals surface area (Å²) in [6.45, 7) is 10.7. The number of nitrogens with zero attached hydrogens (tertiary/aromatic N) is 2. The van der Waals surface area contributed by atoms with Gasteiger partial charge >= 0.3 is 0 Å². The average Bonchev–Trinajstić information content (AvgIpc) is 2.99. The SMILES string of the molecule is CCCCC#C[C@@H](NP1(=O)N(C(C)C)[C@@H]2CCCC[C@H]2N1C(C)C)c1ccc(F)cc1. The summed E-state index contributed by atoms with van der Waals surface area (Å²) in [6.07, 6.45) is 7.49. The zero-order valence-electron chi connectivity index (χ0n) is 19.8. The van der Waals surface area contributed by atoms with E-state index in [0.29, 0.717) is 12.1 Å². The first kappa shape index (κ1) is 24.5. The van der Waals surface area contributed by atoms with Crippen LogP contribution in [0.4, 0.5) is 4.39 Å². The van der Waals surface area contributed by atoms with Gasteiger partial charge in [-0.15, -0.1) is 5.92 Å². The summed E-state index contributed by atoms with van der Waals surface area (Å²) in [5, 5.41) is 3.54. The molecule has 6 heteroatoms. The number of hydrogen-bond donors (Lipinski definition) is 1. The predicted molar refractivity (Wildman–Crippen MR) is 127 cm³/mol. The van der Waals surface area contributed by atoms with Gasteiger partial charge in [0.2, 0.25) is 0 Å². The van der Waals surface area contributed by atoms with Gasteiger partial charge in [-0.3, -0.25) is 4.57 Å². The number of nitrogens with one attached hydrogen (secondary N) is 1. The Kier molecular flexibility index (Phi) is 8.38. The number of halogens is 1. The maximum absolute atomic E-state index is 14.9. The molecule has 1 aliphatic carbocycles. The summed E-state index contributed by atoms with van der Waals surface area (Å²) >= 11 is 0. The summed E-state index contributed by atoms with van der Waals surface area (Å²) in [6, 6.07) is 6.97. The highest BCUT2D eigenvalue weighted by molar-refractivity contribution is 7.57. The molecule has 31 heavy (non-hydrogen) atoms. The van der Waals surface area contributed by atoms with Crippen molar-refractivity contribution in [3.63, 3.8) is 0 Å². The van der Waals surface area contributed by atoms with Crippen LogP contribution in [0.5, 0.6) is 0 Å². The van der Waals surface area contributed by atoms with Crippen LogP contribution in [0.3, 0.4) is 0 Å². The summed E-state index contributed by atoms with van der Waals surface area (Å²) in [5.74, 6) is 6.34. The molecule has 1 aromatic carbocycles.